The summed E-state index contributed by atoms with van der Waals surface area (Å²) in [5.41, 5.74) is 4.34. The average Bonchev–Trinajstić information content (AvgIpc) is 2.73. The Labute approximate surface area is 175 Å². The van der Waals surface area contributed by atoms with Crippen LogP contribution in [0.15, 0.2) is 66.5 Å². The van der Waals surface area contributed by atoms with E-state index < -0.39 is 6.61 Å². The van der Waals surface area contributed by atoms with Gasteiger partial charge in [0, 0.05) is 24.2 Å². The molecule has 0 aromatic heterocycles. The Morgan fingerprint density at radius 3 is 2.77 bits per heavy atom. The van der Waals surface area contributed by atoms with Crippen LogP contribution in [0.2, 0.25) is 0 Å². The standard InChI is InChI=1S/C25H26F3NO/c1-2-14-29-23(18-7-4-9-20(16-18)30-25(27)28)13-12-22-21(10-5-11-24(22)29)17-6-3-8-19(26)15-17/h3-6,8-11,15-16,18,23,25H,2,7,12-14H2,1H3/t18?,23-/m1/s1. The Kier molecular flexibility index (Phi) is 6.16. The number of nitrogens with zero attached hydrogens (tertiary/aromatic N) is 1. The molecule has 1 aliphatic carbocycles. The highest BCUT2D eigenvalue weighted by Gasteiger charge is 2.33. The summed E-state index contributed by atoms with van der Waals surface area (Å²) in [6, 6.07) is 13.1. The maximum atomic E-state index is 13.8. The lowest BCUT2D eigenvalue weighted by Crippen LogP contribution is -2.44. The summed E-state index contributed by atoms with van der Waals surface area (Å²) >= 11 is 0. The molecule has 158 valence electrons. The van der Waals surface area contributed by atoms with E-state index in [2.05, 4.69) is 28.7 Å². The normalized spacial score (nSPS) is 20.8. The Morgan fingerprint density at radius 1 is 1.17 bits per heavy atom. The third-order valence-corrected chi connectivity index (χ3v) is 5.94. The van der Waals surface area contributed by atoms with Crippen molar-refractivity contribution in [3.8, 4) is 11.1 Å². The number of benzene rings is 2. The van der Waals surface area contributed by atoms with Crippen molar-refractivity contribution < 1.29 is 17.9 Å². The van der Waals surface area contributed by atoms with Crippen LogP contribution in [0.3, 0.4) is 0 Å². The predicted octanol–water partition coefficient (Wildman–Crippen LogP) is 6.72. The first kappa shape index (κ1) is 20.6. The molecule has 2 atom stereocenters. The fourth-order valence-corrected chi connectivity index (χ4v) is 4.76. The highest BCUT2D eigenvalue weighted by molar-refractivity contribution is 5.75. The zero-order valence-electron chi connectivity index (χ0n) is 17.0. The summed E-state index contributed by atoms with van der Waals surface area (Å²) in [6.45, 7) is 0.208. The SMILES string of the molecule is CCCN1c2cccc(-c3cccc(F)c3)c2CC[C@@H]1C1C=C(OC(F)F)C=CC1. The summed E-state index contributed by atoms with van der Waals surface area (Å²) < 4.78 is 43.8. The second-order valence-electron chi connectivity index (χ2n) is 7.86. The molecule has 5 heteroatoms. The molecule has 0 saturated heterocycles. The third kappa shape index (κ3) is 4.25. The van der Waals surface area contributed by atoms with Crippen LogP contribution in [-0.2, 0) is 11.2 Å². The third-order valence-electron chi connectivity index (χ3n) is 5.94. The zero-order valence-corrected chi connectivity index (χ0v) is 17.0. The highest BCUT2D eigenvalue weighted by atomic mass is 19.3. The van der Waals surface area contributed by atoms with Crippen molar-refractivity contribution in [2.45, 2.75) is 45.3 Å². The summed E-state index contributed by atoms with van der Waals surface area (Å²) in [4.78, 5) is 2.40. The van der Waals surface area contributed by atoms with Crippen LogP contribution in [0.25, 0.3) is 11.1 Å². The lowest BCUT2D eigenvalue weighted by atomic mass is 9.82. The van der Waals surface area contributed by atoms with Crippen LogP contribution in [0.5, 0.6) is 0 Å². The molecule has 0 N–H and O–H groups in total. The maximum absolute atomic E-state index is 13.8. The van der Waals surface area contributed by atoms with E-state index >= 15 is 0 Å². The number of hydrogen-bond acceptors (Lipinski definition) is 2. The molecule has 1 unspecified atom stereocenters. The van der Waals surface area contributed by atoms with E-state index in [0.29, 0.717) is 0 Å². The monoisotopic (exact) mass is 413 g/mol. The molecule has 2 aromatic rings. The molecular weight excluding hydrogens is 387 g/mol. The van der Waals surface area contributed by atoms with Gasteiger partial charge < -0.3 is 9.64 Å². The molecule has 0 spiro atoms. The van der Waals surface area contributed by atoms with Gasteiger partial charge in [-0.2, -0.15) is 8.78 Å². The van der Waals surface area contributed by atoms with Crippen LogP contribution >= 0.6 is 0 Å². The van der Waals surface area contributed by atoms with E-state index in [1.807, 2.05) is 24.3 Å². The van der Waals surface area contributed by atoms with E-state index in [1.165, 1.54) is 11.6 Å². The van der Waals surface area contributed by atoms with Gasteiger partial charge in [0.05, 0.1) is 0 Å². The molecule has 0 radical (unpaired) electrons. The van der Waals surface area contributed by atoms with Crippen molar-refractivity contribution in [1.82, 2.24) is 0 Å². The van der Waals surface area contributed by atoms with E-state index in [4.69, 9.17) is 0 Å². The van der Waals surface area contributed by atoms with Gasteiger partial charge in [-0.25, -0.2) is 4.39 Å². The second kappa shape index (κ2) is 8.99. The Morgan fingerprint density at radius 2 is 2.00 bits per heavy atom. The minimum atomic E-state index is -2.81. The van der Waals surface area contributed by atoms with E-state index in [9.17, 15) is 13.2 Å². The number of allylic oxidation sites excluding steroid dienone is 2. The number of hydrogen-bond donors (Lipinski definition) is 0. The Bertz CT molecular complexity index is 953. The maximum Gasteiger partial charge on any atom is 0.387 e. The minimum absolute atomic E-state index is 0.112. The fraction of sp³-hybridized carbons (Fsp3) is 0.360. The summed E-state index contributed by atoms with van der Waals surface area (Å²) in [5, 5.41) is 0. The van der Waals surface area contributed by atoms with Crippen LogP contribution < -0.4 is 4.90 Å². The first-order chi connectivity index (χ1) is 14.6. The molecule has 1 heterocycles. The van der Waals surface area contributed by atoms with Gasteiger partial charge >= 0.3 is 6.61 Å². The average molecular weight is 413 g/mol. The predicted molar refractivity (Wildman–Crippen MR) is 114 cm³/mol. The van der Waals surface area contributed by atoms with Crippen LogP contribution in [-0.4, -0.2) is 19.2 Å². The Hall–Kier alpha value is -2.69. The molecule has 2 aliphatic rings. The molecule has 30 heavy (non-hydrogen) atoms. The number of ether oxygens (including phenoxy) is 1. The van der Waals surface area contributed by atoms with Crippen molar-refractivity contribution in [1.29, 1.82) is 0 Å². The quantitative estimate of drug-likeness (QED) is 0.521. The van der Waals surface area contributed by atoms with E-state index in [1.54, 1.807) is 18.2 Å². The van der Waals surface area contributed by atoms with E-state index in [0.717, 1.165) is 49.0 Å². The Balaban J connectivity index is 1.68. The minimum Gasteiger partial charge on any atom is -0.435 e. The van der Waals surface area contributed by atoms with Crippen LogP contribution in [0.1, 0.15) is 31.7 Å². The smallest absolute Gasteiger partial charge is 0.387 e. The zero-order chi connectivity index (χ0) is 21.1. The highest BCUT2D eigenvalue weighted by Crippen LogP contribution is 2.41. The van der Waals surface area contributed by atoms with Crippen LogP contribution in [0.4, 0.5) is 18.9 Å². The van der Waals surface area contributed by atoms with Crippen molar-refractivity contribution in [2.75, 3.05) is 11.4 Å². The van der Waals surface area contributed by atoms with Gasteiger partial charge in [-0.05, 0) is 72.7 Å². The summed E-state index contributed by atoms with van der Waals surface area (Å²) in [6.07, 6.45) is 8.97. The molecular formula is C25H26F3NO. The first-order valence-electron chi connectivity index (χ1n) is 10.5. The second-order valence-corrected chi connectivity index (χ2v) is 7.86. The van der Waals surface area contributed by atoms with Crippen molar-refractivity contribution in [3.05, 3.63) is 77.8 Å². The van der Waals surface area contributed by atoms with Crippen molar-refractivity contribution >= 4 is 5.69 Å². The molecule has 0 fully saturated rings. The summed E-state index contributed by atoms with van der Waals surface area (Å²) in [5.74, 6) is 0.119. The van der Waals surface area contributed by atoms with Gasteiger partial charge in [-0.15, -0.1) is 0 Å². The largest absolute Gasteiger partial charge is 0.435 e. The van der Waals surface area contributed by atoms with Gasteiger partial charge in [0.25, 0.3) is 0 Å². The van der Waals surface area contributed by atoms with Crippen LogP contribution in [0, 0.1) is 11.7 Å². The number of halogens is 3. The first-order valence-corrected chi connectivity index (χ1v) is 10.5. The molecule has 4 rings (SSSR count). The molecule has 2 nitrogen and oxygen atoms in total. The topological polar surface area (TPSA) is 12.5 Å². The van der Waals surface area contributed by atoms with E-state index in [-0.39, 0.29) is 23.5 Å². The molecule has 1 aliphatic heterocycles. The van der Waals surface area contributed by atoms with Gasteiger partial charge in [-0.3, -0.25) is 0 Å². The van der Waals surface area contributed by atoms with Crippen molar-refractivity contribution in [3.63, 3.8) is 0 Å². The lowest BCUT2D eigenvalue weighted by Gasteiger charge is -2.43. The lowest BCUT2D eigenvalue weighted by molar-refractivity contribution is -0.0928. The molecule has 0 saturated carbocycles. The molecule has 0 amide bonds. The van der Waals surface area contributed by atoms with Gasteiger partial charge in [0.2, 0.25) is 0 Å². The number of anilines is 1. The van der Waals surface area contributed by atoms with Gasteiger partial charge in [0.15, 0.2) is 0 Å². The van der Waals surface area contributed by atoms with Crippen molar-refractivity contribution in [2.24, 2.45) is 5.92 Å². The molecule has 2 aromatic carbocycles. The van der Waals surface area contributed by atoms with Gasteiger partial charge in [-0.1, -0.05) is 37.3 Å². The number of alkyl halides is 2. The number of fused-ring (bicyclic) bond motifs is 1. The fourth-order valence-electron chi connectivity index (χ4n) is 4.76. The number of rotatable bonds is 6. The van der Waals surface area contributed by atoms with Gasteiger partial charge in [0.1, 0.15) is 11.6 Å². The summed E-state index contributed by atoms with van der Waals surface area (Å²) in [7, 11) is 0. The molecule has 0 bridgehead atoms.